The maximum atomic E-state index is 4.19. The van der Waals surface area contributed by atoms with Gasteiger partial charge in [0, 0.05) is 37.2 Å². The molecule has 2 rings (SSSR count). The number of benzene rings is 1. The van der Waals surface area contributed by atoms with E-state index in [1.165, 1.54) is 11.1 Å². The molecule has 3 heteroatoms. The van der Waals surface area contributed by atoms with Crippen LogP contribution in [0.2, 0.25) is 0 Å². The van der Waals surface area contributed by atoms with Gasteiger partial charge in [-0.2, -0.15) is 0 Å². The predicted octanol–water partition coefficient (Wildman–Crippen LogP) is 2.45. The summed E-state index contributed by atoms with van der Waals surface area (Å²) in [6.07, 6.45) is 0.983. The van der Waals surface area contributed by atoms with E-state index in [1.54, 1.807) is 0 Å². The topological polar surface area (TPSA) is 15.3 Å². The molecule has 0 aliphatic carbocycles. The van der Waals surface area contributed by atoms with Crippen molar-refractivity contribution >= 4 is 15.9 Å². The van der Waals surface area contributed by atoms with E-state index in [0.717, 1.165) is 43.6 Å². The first kappa shape index (κ1) is 12.8. The zero-order valence-corrected chi connectivity index (χ0v) is 11.7. The Bertz CT molecular complexity index is 366. The van der Waals surface area contributed by atoms with Gasteiger partial charge in [0.05, 0.1) is 0 Å². The molecule has 1 saturated heterocycles. The highest BCUT2D eigenvalue weighted by molar-refractivity contribution is 9.10. The summed E-state index contributed by atoms with van der Waals surface area (Å²) in [7, 11) is 0. The van der Waals surface area contributed by atoms with Crippen molar-refractivity contribution in [2.45, 2.75) is 6.42 Å². The molecule has 0 radical (unpaired) electrons. The van der Waals surface area contributed by atoms with Crippen LogP contribution in [0.25, 0.3) is 0 Å². The van der Waals surface area contributed by atoms with Gasteiger partial charge < -0.3 is 5.32 Å². The van der Waals surface area contributed by atoms with Crippen molar-refractivity contribution in [1.82, 2.24) is 10.2 Å². The maximum Gasteiger partial charge on any atom is 0.0194 e. The van der Waals surface area contributed by atoms with Crippen LogP contribution in [0.15, 0.2) is 40.9 Å². The molecule has 0 bridgehead atoms. The van der Waals surface area contributed by atoms with Gasteiger partial charge in [0.15, 0.2) is 0 Å². The van der Waals surface area contributed by atoms with Crippen LogP contribution in [0.1, 0.15) is 5.56 Å². The van der Waals surface area contributed by atoms with Gasteiger partial charge in [0.1, 0.15) is 0 Å². The number of rotatable bonds is 4. The number of hydrogen-bond donors (Lipinski definition) is 1. The lowest BCUT2D eigenvalue weighted by Crippen LogP contribution is -2.44. The SMILES string of the molecule is C=C(Cc1ccc(Br)cc1)CN1CCNCC1. The Morgan fingerprint density at radius 2 is 1.88 bits per heavy atom. The Kier molecular flexibility index (Phi) is 4.77. The molecule has 1 aromatic carbocycles. The molecule has 0 atom stereocenters. The van der Waals surface area contributed by atoms with Crippen LogP contribution >= 0.6 is 15.9 Å². The Morgan fingerprint density at radius 1 is 1.24 bits per heavy atom. The highest BCUT2D eigenvalue weighted by Crippen LogP contribution is 2.13. The third-order valence-corrected chi connectivity index (χ3v) is 3.55. The monoisotopic (exact) mass is 294 g/mol. The summed E-state index contributed by atoms with van der Waals surface area (Å²) >= 11 is 3.45. The minimum atomic E-state index is 0.983. The number of piperazine rings is 1. The van der Waals surface area contributed by atoms with Crippen LogP contribution in [0.5, 0.6) is 0 Å². The van der Waals surface area contributed by atoms with Crippen molar-refractivity contribution in [3.05, 3.63) is 46.5 Å². The van der Waals surface area contributed by atoms with Crippen molar-refractivity contribution in [3.8, 4) is 0 Å². The summed E-state index contributed by atoms with van der Waals surface area (Å²) in [5, 5.41) is 3.37. The molecule has 1 aromatic rings. The van der Waals surface area contributed by atoms with E-state index in [4.69, 9.17) is 0 Å². The van der Waals surface area contributed by atoms with Crippen LogP contribution in [0, 0.1) is 0 Å². The molecule has 0 unspecified atom stereocenters. The van der Waals surface area contributed by atoms with Crippen molar-refractivity contribution in [1.29, 1.82) is 0 Å². The summed E-state index contributed by atoms with van der Waals surface area (Å²) in [6.45, 7) is 9.70. The summed E-state index contributed by atoms with van der Waals surface area (Å²) in [6, 6.07) is 8.50. The fraction of sp³-hybridized carbons (Fsp3) is 0.429. The average Bonchev–Trinajstić information content (AvgIpc) is 2.33. The normalized spacial score (nSPS) is 17.0. The number of nitrogens with zero attached hydrogens (tertiary/aromatic N) is 1. The molecule has 17 heavy (non-hydrogen) atoms. The first-order valence-electron chi connectivity index (χ1n) is 6.08. The Morgan fingerprint density at radius 3 is 2.53 bits per heavy atom. The highest BCUT2D eigenvalue weighted by atomic mass is 79.9. The number of hydrogen-bond acceptors (Lipinski definition) is 2. The van der Waals surface area contributed by atoms with E-state index < -0.39 is 0 Å². The second-order valence-electron chi connectivity index (χ2n) is 4.58. The van der Waals surface area contributed by atoms with E-state index in [-0.39, 0.29) is 0 Å². The van der Waals surface area contributed by atoms with Crippen molar-refractivity contribution < 1.29 is 0 Å². The van der Waals surface area contributed by atoms with Crippen molar-refractivity contribution in [2.75, 3.05) is 32.7 Å². The van der Waals surface area contributed by atoms with Crippen molar-refractivity contribution in [3.63, 3.8) is 0 Å². The van der Waals surface area contributed by atoms with Gasteiger partial charge in [-0.3, -0.25) is 4.90 Å². The second kappa shape index (κ2) is 6.34. The minimum Gasteiger partial charge on any atom is -0.314 e. The fourth-order valence-electron chi connectivity index (χ4n) is 2.13. The van der Waals surface area contributed by atoms with Gasteiger partial charge in [0.2, 0.25) is 0 Å². The molecule has 0 spiro atoms. The molecule has 92 valence electrons. The van der Waals surface area contributed by atoms with E-state index >= 15 is 0 Å². The zero-order chi connectivity index (χ0) is 12.1. The van der Waals surface area contributed by atoms with Gasteiger partial charge in [-0.05, 0) is 24.1 Å². The zero-order valence-electron chi connectivity index (χ0n) is 10.1. The summed E-state index contributed by atoms with van der Waals surface area (Å²) < 4.78 is 1.13. The molecule has 2 nitrogen and oxygen atoms in total. The molecular formula is C14H19BrN2. The van der Waals surface area contributed by atoms with Crippen LogP contribution in [0.4, 0.5) is 0 Å². The maximum absolute atomic E-state index is 4.19. The molecule has 1 heterocycles. The first-order valence-corrected chi connectivity index (χ1v) is 6.87. The molecule has 0 amide bonds. The van der Waals surface area contributed by atoms with Gasteiger partial charge in [0.25, 0.3) is 0 Å². The molecule has 0 aromatic heterocycles. The lowest BCUT2D eigenvalue weighted by atomic mass is 10.1. The first-order chi connectivity index (χ1) is 8.24. The Labute approximate surface area is 112 Å². The van der Waals surface area contributed by atoms with Crippen LogP contribution in [-0.4, -0.2) is 37.6 Å². The van der Waals surface area contributed by atoms with E-state index in [0.29, 0.717) is 0 Å². The summed E-state index contributed by atoms with van der Waals surface area (Å²) in [4.78, 5) is 2.47. The summed E-state index contributed by atoms with van der Waals surface area (Å²) in [5.74, 6) is 0. The Balaban J connectivity index is 1.82. The van der Waals surface area contributed by atoms with Gasteiger partial charge >= 0.3 is 0 Å². The molecule has 0 saturated carbocycles. The van der Waals surface area contributed by atoms with E-state index in [9.17, 15) is 0 Å². The van der Waals surface area contributed by atoms with Crippen LogP contribution in [-0.2, 0) is 6.42 Å². The van der Waals surface area contributed by atoms with E-state index in [2.05, 4.69) is 57.0 Å². The van der Waals surface area contributed by atoms with Gasteiger partial charge in [-0.15, -0.1) is 0 Å². The predicted molar refractivity (Wildman–Crippen MR) is 76.3 cm³/mol. The van der Waals surface area contributed by atoms with Crippen molar-refractivity contribution in [2.24, 2.45) is 0 Å². The second-order valence-corrected chi connectivity index (χ2v) is 5.50. The standard InChI is InChI=1S/C14H19BrN2/c1-12(11-17-8-6-16-7-9-17)10-13-2-4-14(15)5-3-13/h2-5,16H,1,6-11H2. The smallest absolute Gasteiger partial charge is 0.0194 e. The van der Waals surface area contributed by atoms with E-state index in [1.807, 2.05) is 0 Å². The largest absolute Gasteiger partial charge is 0.314 e. The Hall–Kier alpha value is -0.640. The number of nitrogens with one attached hydrogen (secondary N) is 1. The number of halogens is 1. The lowest BCUT2D eigenvalue weighted by molar-refractivity contribution is 0.258. The highest BCUT2D eigenvalue weighted by Gasteiger charge is 2.10. The van der Waals surface area contributed by atoms with Gasteiger partial charge in [-0.25, -0.2) is 0 Å². The fourth-order valence-corrected chi connectivity index (χ4v) is 2.40. The van der Waals surface area contributed by atoms with Crippen LogP contribution < -0.4 is 5.32 Å². The summed E-state index contributed by atoms with van der Waals surface area (Å²) in [5.41, 5.74) is 2.64. The molecule has 1 fully saturated rings. The van der Waals surface area contributed by atoms with Crippen LogP contribution in [0.3, 0.4) is 0 Å². The average molecular weight is 295 g/mol. The lowest BCUT2D eigenvalue weighted by Gasteiger charge is -2.27. The minimum absolute atomic E-state index is 0.983. The molecule has 1 aliphatic heterocycles. The quantitative estimate of drug-likeness (QED) is 0.858. The third-order valence-electron chi connectivity index (χ3n) is 3.02. The molecule has 1 aliphatic rings. The third kappa shape index (κ3) is 4.26. The molecule has 1 N–H and O–H groups in total. The molecular weight excluding hydrogens is 276 g/mol. The van der Waals surface area contributed by atoms with Gasteiger partial charge in [-0.1, -0.05) is 40.2 Å².